The number of pyridine rings is 1. The summed E-state index contributed by atoms with van der Waals surface area (Å²) in [6, 6.07) is 13.5. The van der Waals surface area contributed by atoms with Crippen LogP contribution in [-0.4, -0.2) is 45.3 Å². The first-order valence-corrected chi connectivity index (χ1v) is 10.4. The molecule has 2 aliphatic rings. The molecule has 0 unspecified atom stereocenters. The molecule has 30 heavy (non-hydrogen) atoms. The number of fused-ring (bicyclic) bond motifs is 4. The highest BCUT2D eigenvalue weighted by molar-refractivity contribution is 5.93. The van der Waals surface area contributed by atoms with Crippen LogP contribution in [0.5, 0.6) is 0 Å². The van der Waals surface area contributed by atoms with Gasteiger partial charge in [0.15, 0.2) is 0 Å². The maximum Gasteiger partial charge on any atom is 0.263 e. The number of hydrogen-bond donors (Lipinski definition) is 1. The van der Waals surface area contributed by atoms with E-state index in [1.54, 1.807) is 28.9 Å². The Balaban J connectivity index is 1.38. The van der Waals surface area contributed by atoms with Gasteiger partial charge in [-0.25, -0.2) is 4.68 Å². The molecule has 1 fully saturated rings. The lowest BCUT2D eigenvalue weighted by Gasteiger charge is -2.37. The molecule has 2 atom stereocenters. The number of aromatic nitrogens is 3. The molecule has 3 aromatic rings. The number of amides is 1. The lowest BCUT2D eigenvalue weighted by molar-refractivity contribution is 0.0782. The normalized spacial score (nSPS) is 19.9. The van der Waals surface area contributed by atoms with Crippen molar-refractivity contribution in [2.45, 2.75) is 25.4 Å². The average Bonchev–Trinajstić information content (AvgIpc) is 3.30. The van der Waals surface area contributed by atoms with Crippen molar-refractivity contribution >= 4 is 5.91 Å². The molecule has 0 radical (unpaired) electrons. The summed E-state index contributed by atoms with van der Waals surface area (Å²) in [6.45, 7) is 2.95. The van der Waals surface area contributed by atoms with E-state index >= 15 is 0 Å². The zero-order valence-electron chi connectivity index (χ0n) is 17.0. The van der Waals surface area contributed by atoms with Gasteiger partial charge in [0.1, 0.15) is 5.56 Å². The van der Waals surface area contributed by atoms with Crippen molar-refractivity contribution in [3.63, 3.8) is 0 Å². The summed E-state index contributed by atoms with van der Waals surface area (Å²) in [5.41, 5.74) is 3.06. The van der Waals surface area contributed by atoms with Crippen LogP contribution in [0.25, 0.3) is 5.69 Å². The third-order valence-electron chi connectivity index (χ3n) is 6.19. The number of nitrogens with zero attached hydrogens (tertiary/aromatic N) is 4. The Kier molecular flexibility index (Phi) is 4.75. The smallest absolute Gasteiger partial charge is 0.263 e. The quantitative estimate of drug-likeness (QED) is 0.723. The largest absolute Gasteiger partial charge is 0.337 e. The summed E-state index contributed by atoms with van der Waals surface area (Å²) in [6.07, 6.45) is 4.73. The van der Waals surface area contributed by atoms with Crippen molar-refractivity contribution in [2.75, 3.05) is 20.1 Å². The first-order chi connectivity index (χ1) is 14.6. The molecule has 0 saturated carbocycles. The molecule has 2 aliphatic heterocycles. The second-order valence-corrected chi connectivity index (χ2v) is 8.33. The lowest BCUT2D eigenvalue weighted by atomic mass is 9.84. The highest BCUT2D eigenvalue weighted by atomic mass is 16.2. The van der Waals surface area contributed by atoms with E-state index in [-0.39, 0.29) is 17.0 Å². The Morgan fingerprint density at radius 1 is 1.23 bits per heavy atom. The SMILES string of the molecule is CN(Cc1cccc(-n2cccn2)c1)C(=O)c1ccc2n(c1=O)C[C@@H]1CNC[C@H]2C1. The van der Waals surface area contributed by atoms with Gasteiger partial charge in [-0.15, -0.1) is 0 Å². The molecule has 7 nitrogen and oxygen atoms in total. The van der Waals surface area contributed by atoms with E-state index in [0.717, 1.165) is 36.5 Å². The van der Waals surface area contributed by atoms with Gasteiger partial charge >= 0.3 is 0 Å². The Morgan fingerprint density at radius 3 is 2.97 bits per heavy atom. The molecule has 1 aromatic carbocycles. The van der Waals surface area contributed by atoms with Gasteiger partial charge in [0.25, 0.3) is 11.5 Å². The molecule has 0 aliphatic carbocycles. The molecule has 2 aromatic heterocycles. The van der Waals surface area contributed by atoms with Crippen molar-refractivity contribution < 1.29 is 4.79 Å². The Morgan fingerprint density at radius 2 is 2.13 bits per heavy atom. The standard InChI is InChI=1S/C23H25N5O2/c1-26(14-16-4-2-5-19(11-16)28-9-3-8-25-28)22(29)20-6-7-21-18-10-17(12-24-13-18)15-27(21)23(20)30/h2-9,11,17-18,24H,10,12-15H2,1H3/t17-,18+/m0/s1. The lowest BCUT2D eigenvalue weighted by Crippen LogP contribution is -2.46. The molecule has 7 heteroatoms. The fraction of sp³-hybridized carbons (Fsp3) is 0.348. The highest BCUT2D eigenvalue weighted by Gasteiger charge is 2.32. The van der Waals surface area contributed by atoms with Crippen LogP contribution >= 0.6 is 0 Å². The fourth-order valence-electron chi connectivity index (χ4n) is 4.72. The Bertz CT molecular complexity index is 1130. The molecule has 1 saturated heterocycles. The molecular weight excluding hydrogens is 378 g/mol. The number of piperidine rings is 1. The number of nitrogens with one attached hydrogen (secondary N) is 1. The first kappa shape index (κ1) is 18.8. The van der Waals surface area contributed by atoms with Crippen molar-refractivity contribution in [1.82, 2.24) is 24.6 Å². The van der Waals surface area contributed by atoms with Gasteiger partial charge in [-0.3, -0.25) is 9.59 Å². The van der Waals surface area contributed by atoms with Gasteiger partial charge in [0, 0.05) is 50.7 Å². The summed E-state index contributed by atoms with van der Waals surface area (Å²) >= 11 is 0. The summed E-state index contributed by atoms with van der Waals surface area (Å²) in [5.74, 6) is 0.577. The van der Waals surface area contributed by atoms with E-state index in [2.05, 4.69) is 10.4 Å². The Labute approximate surface area is 174 Å². The molecule has 1 amide bonds. The second-order valence-electron chi connectivity index (χ2n) is 8.33. The van der Waals surface area contributed by atoms with E-state index in [9.17, 15) is 9.59 Å². The monoisotopic (exact) mass is 403 g/mol. The third-order valence-corrected chi connectivity index (χ3v) is 6.19. The van der Waals surface area contributed by atoms with Crippen molar-refractivity contribution in [2.24, 2.45) is 5.92 Å². The molecular formula is C23H25N5O2. The fourth-order valence-corrected chi connectivity index (χ4v) is 4.72. The minimum absolute atomic E-state index is 0.161. The molecule has 5 rings (SSSR count). The van der Waals surface area contributed by atoms with E-state index < -0.39 is 0 Å². The highest BCUT2D eigenvalue weighted by Crippen LogP contribution is 2.31. The summed E-state index contributed by atoms with van der Waals surface area (Å²) in [7, 11) is 1.74. The van der Waals surface area contributed by atoms with Crippen LogP contribution in [0.3, 0.4) is 0 Å². The van der Waals surface area contributed by atoms with Gasteiger partial charge in [-0.05, 0) is 54.8 Å². The van der Waals surface area contributed by atoms with E-state index in [1.807, 2.05) is 47.2 Å². The van der Waals surface area contributed by atoms with E-state index in [4.69, 9.17) is 0 Å². The van der Waals surface area contributed by atoms with Crippen LogP contribution < -0.4 is 10.9 Å². The molecule has 1 N–H and O–H groups in total. The van der Waals surface area contributed by atoms with E-state index in [0.29, 0.717) is 24.9 Å². The molecule has 2 bridgehead atoms. The van der Waals surface area contributed by atoms with Gasteiger partial charge in [-0.2, -0.15) is 5.10 Å². The van der Waals surface area contributed by atoms with Gasteiger partial charge in [0.2, 0.25) is 0 Å². The zero-order chi connectivity index (χ0) is 20.7. The number of hydrogen-bond acceptors (Lipinski definition) is 4. The van der Waals surface area contributed by atoms with Gasteiger partial charge in [0.05, 0.1) is 5.69 Å². The number of carbonyl (C=O) groups excluding carboxylic acids is 1. The maximum atomic E-state index is 13.1. The second kappa shape index (κ2) is 7.57. The van der Waals surface area contributed by atoms with Crippen LogP contribution in [0, 0.1) is 5.92 Å². The van der Waals surface area contributed by atoms with Crippen LogP contribution in [0.2, 0.25) is 0 Å². The first-order valence-electron chi connectivity index (χ1n) is 10.4. The number of rotatable bonds is 4. The minimum atomic E-state index is -0.242. The molecule has 4 heterocycles. The van der Waals surface area contributed by atoms with Crippen LogP contribution in [-0.2, 0) is 13.1 Å². The van der Waals surface area contributed by atoms with Crippen molar-refractivity contribution in [3.05, 3.63) is 82.0 Å². The van der Waals surface area contributed by atoms with Crippen molar-refractivity contribution in [3.8, 4) is 5.69 Å². The van der Waals surface area contributed by atoms with E-state index in [1.165, 1.54) is 0 Å². The molecule has 0 spiro atoms. The topological polar surface area (TPSA) is 72.2 Å². The predicted octanol–water partition coefficient (Wildman–Crippen LogP) is 2.01. The van der Waals surface area contributed by atoms with Crippen LogP contribution in [0.4, 0.5) is 0 Å². The summed E-state index contributed by atoms with van der Waals surface area (Å²) in [4.78, 5) is 27.8. The van der Waals surface area contributed by atoms with Gasteiger partial charge < -0.3 is 14.8 Å². The summed E-state index contributed by atoms with van der Waals surface area (Å²) in [5, 5.41) is 7.70. The Hall–Kier alpha value is -3.19. The van der Waals surface area contributed by atoms with Crippen molar-refractivity contribution in [1.29, 1.82) is 0 Å². The molecule has 154 valence electrons. The predicted molar refractivity (Wildman–Crippen MR) is 114 cm³/mol. The number of carbonyl (C=O) groups is 1. The average molecular weight is 403 g/mol. The van der Waals surface area contributed by atoms with Crippen LogP contribution in [0.1, 0.15) is 34.0 Å². The van der Waals surface area contributed by atoms with Gasteiger partial charge in [-0.1, -0.05) is 12.1 Å². The third kappa shape index (κ3) is 3.35. The number of benzene rings is 1. The zero-order valence-corrected chi connectivity index (χ0v) is 17.0. The maximum absolute atomic E-state index is 13.1. The van der Waals surface area contributed by atoms with Crippen LogP contribution in [0.15, 0.2) is 59.7 Å². The minimum Gasteiger partial charge on any atom is -0.337 e. The summed E-state index contributed by atoms with van der Waals surface area (Å²) < 4.78 is 3.62.